The maximum atomic E-state index is 12.2. The predicted octanol–water partition coefficient (Wildman–Crippen LogP) is 2.98. The standard InChI is InChI=1S/C13H10ClNO2/c1-8-4-5-11(16)10(7-8)12(17)9-3-2-6-15-13(9)14/h2-7,16H,1H3. The third-order valence-electron chi connectivity index (χ3n) is 2.40. The van der Waals surface area contributed by atoms with Crippen LogP contribution in [0.1, 0.15) is 21.5 Å². The number of carbonyl (C=O) groups is 1. The van der Waals surface area contributed by atoms with Gasteiger partial charge in [0.05, 0.1) is 11.1 Å². The van der Waals surface area contributed by atoms with Crippen molar-refractivity contribution in [3.63, 3.8) is 0 Å². The first-order chi connectivity index (χ1) is 8.09. The first-order valence-corrected chi connectivity index (χ1v) is 5.42. The monoisotopic (exact) mass is 247 g/mol. The first kappa shape index (κ1) is 11.6. The minimum absolute atomic E-state index is 0.0551. The Kier molecular flexibility index (Phi) is 3.11. The van der Waals surface area contributed by atoms with Crippen LogP contribution in [0.25, 0.3) is 0 Å². The van der Waals surface area contributed by atoms with E-state index in [1.54, 1.807) is 24.3 Å². The molecule has 1 heterocycles. The number of halogens is 1. The average Bonchev–Trinajstić information content (AvgIpc) is 2.32. The minimum atomic E-state index is -0.329. The lowest BCUT2D eigenvalue weighted by Gasteiger charge is -2.05. The Bertz CT molecular complexity index is 581. The van der Waals surface area contributed by atoms with Gasteiger partial charge < -0.3 is 5.11 Å². The van der Waals surface area contributed by atoms with E-state index in [-0.39, 0.29) is 27.8 Å². The first-order valence-electron chi connectivity index (χ1n) is 5.04. The van der Waals surface area contributed by atoms with Gasteiger partial charge in [0.25, 0.3) is 0 Å². The molecule has 0 atom stereocenters. The summed E-state index contributed by atoms with van der Waals surface area (Å²) in [6.45, 7) is 1.85. The Morgan fingerprint density at radius 2 is 2.06 bits per heavy atom. The summed E-state index contributed by atoms with van der Waals surface area (Å²) in [4.78, 5) is 16.0. The number of phenols is 1. The summed E-state index contributed by atoms with van der Waals surface area (Å²) < 4.78 is 0. The fourth-order valence-electron chi connectivity index (χ4n) is 1.53. The number of hydrogen-bond donors (Lipinski definition) is 1. The third-order valence-corrected chi connectivity index (χ3v) is 2.70. The Hall–Kier alpha value is -1.87. The van der Waals surface area contributed by atoms with Crippen LogP contribution >= 0.6 is 11.6 Å². The van der Waals surface area contributed by atoms with E-state index in [0.29, 0.717) is 0 Å². The van der Waals surface area contributed by atoms with Crippen LogP contribution in [-0.2, 0) is 0 Å². The van der Waals surface area contributed by atoms with E-state index in [0.717, 1.165) is 5.56 Å². The smallest absolute Gasteiger partial charge is 0.199 e. The Labute approximate surface area is 104 Å². The molecule has 2 aromatic rings. The highest BCUT2D eigenvalue weighted by Crippen LogP contribution is 2.24. The molecule has 0 unspecified atom stereocenters. The van der Waals surface area contributed by atoms with Gasteiger partial charge in [0, 0.05) is 6.20 Å². The topological polar surface area (TPSA) is 50.2 Å². The summed E-state index contributed by atoms with van der Waals surface area (Å²) in [7, 11) is 0. The van der Waals surface area contributed by atoms with Crippen molar-refractivity contribution in [3.8, 4) is 5.75 Å². The van der Waals surface area contributed by atoms with Crippen molar-refractivity contribution in [3.05, 3.63) is 58.4 Å². The summed E-state index contributed by atoms with van der Waals surface area (Å²) in [6, 6.07) is 8.07. The van der Waals surface area contributed by atoms with Crippen LogP contribution in [-0.4, -0.2) is 15.9 Å². The van der Waals surface area contributed by atoms with Gasteiger partial charge in [-0.15, -0.1) is 0 Å². The lowest BCUT2D eigenvalue weighted by atomic mass is 10.0. The summed E-state index contributed by atoms with van der Waals surface area (Å²) in [5.41, 5.74) is 1.42. The second-order valence-corrected chi connectivity index (χ2v) is 4.05. The van der Waals surface area contributed by atoms with Crippen molar-refractivity contribution in [2.45, 2.75) is 6.92 Å². The van der Waals surface area contributed by atoms with Gasteiger partial charge in [-0.05, 0) is 31.2 Å². The van der Waals surface area contributed by atoms with Crippen molar-refractivity contribution in [1.29, 1.82) is 0 Å². The fourth-order valence-corrected chi connectivity index (χ4v) is 1.74. The van der Waals surface area contributed by atoms with Gasteiger partial charge in [-0.3, -0.25) is 4.79 Å². The maximum absolute atomic E-state index is 12.2. The largest absolute Gasteiger partial charge is 0.507 e. The summed E-state index contributed by atoms with van der Waals surface area (Å²) in [5, 5.41) is 9.81. The molecule has 1 aromatic heterocycles. The van der Waals surface area contributed by atoms with Gasteiger partial charge in [0.2, 0.25) is 0 Å². The van der Waals surface area contributed by atoms with E-state index in [4.69, 9.17) is 11.6 Å². The van der Waals surface area contributed by atoms with Crippen LogP contribution in [0.15, 0.2) is 36.5 Å². The molecule has 86 valence electrons. The van der Waals surface area contributed by atoms with Crippen LogP contribution in [0, 0.1) is 6.92 Å². The molecular weight excluding hydrogens is 238 g/mol. The molecule has 0 bridgehead atoms. The van der Waals surface area contributed by atoms with Crippen LogP contribution < -0.4 is 0 Å². The highest BCUT2D eigenvalue weighted by Gasteiger charge is 2.16. The molecule has 1 aromatic carbocycles. The van der Waals surface area contributed by atoms with Gasteiger partial charge in [0.1, 0.15) is 10.9 Å². The van der Waals surface area contributed by atoms with E-state index in [9.17, 15) is 9.90 Å². The van der Waals surface area contributed by atoms with E-state index >= 15 is 0 Å². The number of hydrogen-bond acceptors (Lipinski definition) is 3. The summed E-state index contributed by atoms with van der Waals surface area (Å²) >= 11 is 5.85. The number of pyridine rings is 1. The van der Waals surface area contributed by atoms with Crippen LogP contribution in [0.4, 0.5) is 0 Å². The number of aryl methyl sites for hydroxylation is 1. The van der Waals surface area contributed by atoms with Crippen molar-refractivity contribution < 1.29 is 9.90 Å². The summed E-state index contributed by atoms with van der Waals surface area (Å²) in [6.07, 6.45) is 1.51. The van der Waals surface area contributed by atoms with Gasteiger partial charge in [-0.2, -0.15) is 0 Å². The van der Waals surface area contributed by atoms with Crippen molar-refractivity contribution in [2.75, 3.05) is 0 Å². The zero-order valence-corrected chi connectivity index (χ0v) is 9.90. The predicted molar refractivity (Wildman–Crippen MR) is 65.5 cm³/mol. The zero-order chi connectivity index (χ0) is 12.4. The highest BCUT2D eigenvalue weighted by molar-refractivity contribution is 6.33. The number of benzene rings is 1. The van der Waals surface area contributed by atoms with E-state index in [1.165, 1.54) is 12.3 Å². The molecule has 0 saturated heterocycles. The number of nitrogens with zero attached hydrogens (tertiary/aromatic N) is 1. The Morgan fingerprint density at radius 3 is 2.76 bits per heavy atom. The van der Waals surface area contributed by atoms with Crippen molar-refractivity contribution >= 4 is 17.4 Å². The van der Waals surface area contributed by atoms with Crippen molar-refractivity contribution in [1.82, 2.24) is 4.98 Å². The molecule has 0 aliphatic heterocycles. The second-order valence-electron chi connectivity index (χ2n) is 3.69. The number of ketones is 1. The maximum Gasteiger partial charge on any atom is 0.199 e. The zero-order valence-electron chi connectivity index (χ0n) is 9.14. The van der Waals surface area contributed by atoms with Gasteiger partial charge in [-0.1, -0.05) is 23.2 Å². The quantitative estimate of drug-likeness (QED) is 0.656. The van der Waals surface area contributed by atoms with E-state index in [1.807, 2.05) is 6.92 Å². The molecular formula is C13H10ClNO2. The van der Waals surface area contributed by atoms with E-state index in [2.05, 4.69) is 4.98 Å². The fraction of sp³-hybridized carbons (Fsp3) is 0.0769. The molecule has 0 radical (unpaired) electrons. The molecule has 0 saturated carbocycles. The number of aromatic nitrogens is 1. The lowest BCUT2D eigenvalue weighted by molar-refractivity contribution is 0.103. The SMILES string of the molecule is Cc1ccc(O)c(C(=O)c2cccnc2Cl)c1. The van der Waals surface area contributed by atoms with Gasteiger partial charge in [-0.25, -0.2) is 4.98 Å². The van der Waals surface area contributed by atoms with E-state index < -0.39 is 0 Å². The van der Waals surface area contributed by atoms with Crippen molar-refractivity contribution in [2.24, 2.45) is 0 Å². The average molecular weight is 248 g/mol. The molecule has 17 heavy (non-hydrogen) atoms. The molecule has 4 heteroatoms. The molecule has 0 fully saturated rings. The second kappa shape index (κ2) is 4.55. The van der Waals surface area contributed by atoms with Crippen LogP contribution in [0.2, 0.25) is 5.15 Å². The molecule has 0 aliphatic rings. The lowest BCUT2D eigenvalue weighted by Crippen LogP contribution is -2.03. The molecule has 3 nitrogen and oxygen atoms in total. The summed E-state index contributed by atoms with van der Waals surface area (Å²) in [5.74, 6) is -0.384. The van der Waals surface area contributed by atoms with Gasteiger partial charge >= 0.3 is 0 Å². The normalized spacial score (nSPS) is 10.2. The van der Waals surface area contributed by atoms with Gasteiger partial charge in [0.15, 0.2) is 5.78 Å². The van der Waals surface area contributed by atoms with Crippen LogP contribution in [0.3, 0.4) is 0 Å². The molecule has 2 rings (SSSR count). The third kappa shape index (κ3) is 2.29. The number of aromatic hydroxyl groups is 1. The minimum Gasteiger partial charge on any atom is -0.507 e. The number of carbonyl (C=O) groups excluding carboxylic acids is 1. The number of rotatable bonds is 2. The molecule has 1 N–H and O–H groups in total. The number of phenolic OH excluding ortho intramolecular Hbond substituents is 1. The molecule has 0 aliphatic carbocycles. The molecule has 0 spiro atoms. The Balaban J connectivity index is 2.51. The Morgan fingerprint density at radius 1 is 1.29 bits per heavy atom. The molecule has 0 amide bonds. The van der Waals surface area contributed by atoms with Crippen LogP contribution in [0.5, 0.6) is 5.75 Å². The highest BCUT2D eigenvalue weighted by atomic mass is 35.5.